The first-order valence-electron chi connectivity index (χ1n) is 7.40. The molecule has 1 fully saturated rings. The quantitative estimate of drug-likeness (QED) is 0.752. The van der Waals surface area contributed by atoms with E-state index in [1.54, 1.807) is 9.13 Å². The largest absolute Gasteiger partial charge is 0.328 e. The van der Waals surface area contributed by atoms with Gasteiger partial charge in [0, 0.05) is 18.9 Å². The number of benzene rings is 1. The minimum Gasteiger partial charge on any atom is -0.295 e. The third-order valence-corrected chi connectivity index (χ3v) is 7.10. The molecule has 0 N–H and O–H groups in total. The number of hydrogen-bond donors (Lipinski definition) is 0. The molecular weight excluding hydrogens is 328 g/mol. The molecule has 0 amide bonds. The van der Waals surface area contributed by atoms with Crippen LogP contribution in [0.1, 0.15) is 38.1 Å². The highest BCUT2D eigenvalue weighted by Gasteiger charge is 2.66. The molecule has 1 unspecified atom stereocenters. The molecule has 1 heterocycles. The normalized spacial score (nSPS) is 21.7. The van der Waals surface area contributed by atoms with Crippen molar-refractivity contribution in [2.45, 2.75) is 32.5 Å². The van der Waals surface area contributed by atoms with E-state index in [4.69, 9.17) is 0 Å². The summed E-state index contributed by atoms with van der Waals surface area (Å²) >= 11 is 3.91. The maximum absolute atomic E-state index is 12.0. The molecule has 21 heavy (non-hydrogen) atoms. The van der Waals surface area contributed by atoms with Gasteiger partial charge in [-0.3, -0.25) is 9.13 Å². The molecule has 1 aromatic heterocycles. The van der Waals surface area contributed by atoms with Gasteiger partial charge in [-0.2, -0.15) is 0 Å². The first-order chi connectivity index (χ1) is 9.60. The van der Waals surface area contributed by atoms with Crippen LogP contribution in [0.5, 0.6) is 0 Å². The van der Waals surface area contributed by atoms with Crippen LogP contribution in [0.3, 0.4) is 0 Å². The van der Waals surface area contributed by atoms with E-state index in [0.29, 0.717) is 21.6 Å². The van der Waals surface area contributed by atoms with E-state index in [9.17, 15) is 4.79 Å². The molecule has 0 spiro atoms. The molecule has 0 saturated heterocycles. The summed E-state index contributed by atoms with van der Waals surface area (Å²) in [6, 6.07) is 6.36. The standard InChI is InChI=1S/C17H23BrN2O/c1-16(2)14(17(16,3)4)13(18)10-7-8-11-12(9-10)20(6)15(21)19(11)5/h7-9,13-14H,1-6H3. The maximum atomic E-state index is 12.0. The van der Waals surface area contributed by atoms with Gasteiger partial charge in [0.25, 0.3) is 0 Å². The van der Waals surface area contributed by atoms with Crippen molar-refractivity contribution in [1.82, 2.24) is 9.13 Å². The Bertz CT molecular complexity index is 768. The van der Waals surface area contributed by atoms with Gasteiger partial charge < -0.3 is 0 Å². The lowest BCUT2D eigenvalue weighted by Crippen LogP contribution is -2.19. The number of hydrogen-bond acceptors (Lipinski definition) is 1. The van der Waals surface area contributed by atoms with E-state index in [-0.39, 0.29) is 5.69 Å². The van der Waals surface area contributed by atoms with Gasteiger partial charge in [-0.1, -0.05) is 49.7 Å². The van der Waals surface area contributed by atoms with Gasteiger partial charge >= 0.3 is 5.69 Å². The van der Waals surface area contributed by atoms with E-state index >= 15 is 0 Å². The van der Waals surface area contributed by atoms with Crippen molar-refractivity contribution in [2.75, 3.05) is 0 Å². The third-order valence-electron chi connectivity index (χ3n) is 6.04. The highest BCUT2D eigenvalue weighted by molar-refractivity contribution is 9.09. The molecule has 114 valence electrons. The average Bonchev–Trinajstić information content (AvgIpc) is 2.73. The van der Waals surface area contributed by atoms with Crippen LogP contribution in [0.4, 0.5) is 0 Å². The molecule has 0 bridgehead atoms. The van der Waals surface area contributed by atoms with Crippen LogP contribution in [0, 0.1) is 16.7 Å². The first kappa shape index (κ1) is 14.9. The fraction of sp³-hybridized carbons (Fsp3) is 0.588. The van der Waals surface area contributed by atoms with Crippen molar-refractivity contribution in [2.24, 2.45) is 30.8 Å². The van der Waals surface area contributed by atoms with Crippen LogP contribution < -0.4 is 5.69 Å². The highest BCUT2D eigenvalue weighted by Crippen LogP contribution is 2.73. The minimum absolute atomic E-state index is 0.0281. The molecule has 3 nitrogen and oxygen atoms in total. The predicted octanol–water partition coefficient (Wildman–Crippen LogP) is 4.00. The molecule has 1 aliphatic carbocycles. The Morgan fingerprint density at radius 1 is 1.05 bits per heavy atom. The van der Waals surface area contributed by atoms with Crippen LogP contribution in [-0.2, 0) is 14.1 Å². The van der Waals surface area contributed by atoms with E-state index in [2.05, 4.69) is 61.8 Å². The number of nitrogens with zero attached hydrogens (tertiary/aromatic N) is 2. The molecule has 0 radical (unpaired) electrons. The predicted molar refractivity (Wildman–Crippen MR) is 90.9 cm³/mol. The van der Waals surface area contributed by atoms with Gasteiger partial charge in [0.15, 0.2) is 0 Å². The Labute approximate surface area is 134 Å². The van der Waals surface area contributed by atoms with Gasteiger partial charge in [0.2, 0.25) is 0 Å². The summed E-state index contributed by atoms with van der Waals surface area (Å²) in [4.78, 5) is 12.4. The van der Waals surface area contributed by atoms with Crippen LogP contribution in [0.25, 0.3) is 11.0 Å². The monoisotopic (exact) mass is 350 g/mol. The fourth-order valence-corrected chi connectivity index (χ4v) is 5.47. The van der Waals surface area contributed by atoms with Gasteiger partial charge in [-0.25, -0.2) is 4.79 Å². The summed E-state index contributed by atoms with van der Waals surface area (Å²) in [6.07, 6.45) is 0. The molecule has 2 aromatic rings. The van der Waals surface area contributed by atoms with Crippen LogP contribution in [0.15, 0.2) is 23.0 Å². The zero-order valence-corrected chi connectivity index (χ0v) is 15.2. The fourth-order valence-electron chi connectivity index (χ4n) is 3.87. The SMILES string of the molecule is Cn1c(=O)n(C)c2cc(C(Br)C3C(C)(C)C3(C)C)ccc21. The summed E-state index contributed by atoms with van der Waals surface area (Å²) in [6.45, 7) is 9.34. The number of aromatic nitrogens is 2. The van der Waals surface area contributed by atoms with E-state index < -0.39 is 0 Å². The third kappa shape index (κ3) is 1.81. The first-order valence-corrected chi connectivity index (χ1v) is 8.31. The number of rotatable bonds is 2. The van der Waals surface area contributed by atoms with Crippen molar-refractivity contribution >= 4 is 27.0 Å². The summed E-state index contributed by atoms with van der Waals surface area (Å²) in [5.74, 6) is 0.600. The van der Waals surface area contributed by atoms with E-state index in [1.807, 2.05) is 14.1 Å². The van der Waals surface area contributed by atoms with Gasteiger partial charge in [0.1, 0.15) is 0 Å². The second kappa shape index (κ2) is 4.25. The van der Waals surface area contributed by atoms with Crippen molar-refractivity contribution in [3.63, 3.8) is 0 Å². The summed E-state index contributed by atoms with van der Waals surface area (Å²) < 4.78 is 3.43. The van der Waals surface area contributed by atoms with Crippen molar-refractivity contribution < 1.29 is 0 Å². The van der Waals surface area contributed by atoms with Crippen molar-refractivity contribution in [1.29, 1.82) is 0 Å². The Kier molecular flexibility index (Phi) is 3.01. The number of imidazole rings is 1. The molecule has 1 aromatic carbocycles. The van der Waals surface area contributed by atoms with Crippen molar-refractivity contribution in [3.05, 3.63) is 34.2 Å². The lowest BCUT2D eigenvalue weighted by Gasteiger charge is -2.13. The molecule has 0 aliphatic heterocycles. The maximum Gasteiger partial charge on any atom is 0.328 e. The van der Waals surface area contributed by atoms with Crippen molar-refractivity contribution in [3.8, 4) is 0 Å². The second-order valence-corrected chi connectivity index (χ2v) is 8.46. The Balaban J connectivity index is 2.07. The summed E-state index contributed by atoms with van der Waals surface area (Å²) in [5.41, 5.74) is 3.94. The molecule has 4 heteroatoms. The molecule has 1 saturated carbocycles. The van der Waals surface area contributed by atoms with Crippen LogP contribution in [0.2, 0.25) is 0 Å². The van der Waals surface area contributed by atoms with Crippen LogP contribution in [-0.4, -0.2) is 9.13 Å². The Morgan fingerprint density at radius 2 is 1.57 bits per heavy atom. The Morgan fingerprint density at radius 3 is 2.10 bits per heavy atom. The summed E-state index contributed by atoms with van der Waals surface area (Å²) in [5, 5.41) is 0. The highest BCUT2D eigenvalue weighted by atomic mass is 79.9. The lowest BCUT2D eigenvalue weighted by molar-refractivity contribution is 0.457. The Hall–Kier alpha value is -1.03. The zero-order valence-electron chi connectivity index (χ0n) is 13.6. The minimum atomic E-state index is 0.0281. The number of halogens is 1. The number of alkyl halides is 1. The molecule has 1 aliphatic rings. The smallest absolute Gasteiger partial charge is 0.295 e. The zero-order chi connectivity index (χ0) is 15.7. The van der Waals surface area contributed by atoms with E-state index in [1.165, 1.54) is 5.56 Å². The lowest BCUT2D eigenvalue weighted by atomic mass is 10.0. The number of aryl methyl sites for hydroxylation is 2. The second-order valence-electron chi connectivity index (χ2n) is 7.47. The van der Waals surface area contributed by atoms with Gasteiger partial charge in [0.05, 0.1) is 11.0 Å². The molecule has 3 rings (SSSR count). The summed E-state index contributed by atoms with van der Waals surface area (Å²) in [7, 11) is 3.66. The number of fused-ring (bicyclic) bond motifs is 1. The van der Waals surface area contributed by atoms with Crippen LogP contribution >= 0.6 is 15.9 Å². The van der Waals surface area contributed by atoms with Gasteiger partial charge in [-0.05, 0) is 34.4 Å². The topological polar surface area (TPSA) is 26.9 Å². The molecule has 1 atom stereocenters. The molecular formula is C17H23BrN2O. The average molecular weight is 351 g/mol. The van der Waals surface area contributed by atoms with E-state index in [0.717, 1.165) is 11.0 Å². The van der Waals surface area contributed by atoms with Gasteiger partial charge in [-0.15, -0.1) is 0 Å².